The van der Waals surface area contributed by atoms with E-state index in [4.69, 9.17) is 30.5 Å². The number of fused-ring (bicyclic) bond motifs is 1. The normalized spacial score (nSPS) is 11.6. The number of methoxy groups -OCH3 is 2. The summed E-state index contributed by atoms with van der Waals surface area (Å²) in [6.45, 7) is 3.03. The third kappa shape index (κ3) is 5.41. The molecule has 9 heteroatoms. The molecule has 0 spiro atoms. The monoisotopic (exact) mass is 356 g/mol. The Kier molecular flexibility index (Phi) is 7.90. The van der Waals surface area contributed by atoms with Crippen LogP contribution in [0.4, 0.5) is 0 Å². The van der Waals surface area contributed by atoms with E-state index in [-0.39, 0.29) is 5.28 Å². The highest BCUT2D eigenvalue weighted by atomic mass is 35.5. The minimum atomic E-state index is 0.122. The molecule has 0 aliphatic carbocycles. The first kappa shape index (κ1) is 18.6. The molecule has 0 fully saturated rings. The van der Waals surface area contributed by atoms with Gasteiger partial charge in [-0.25, -0.2) is 4.98 Å². The third-order valence-corrected chi connectivity index (χ3v) is 3.22. The van der Waals surface area contributed by atoms with Crippen molar-refractivity contribution in [1.82, 2.24) is 19.7 Å². The Bertz CT molecular complexity index is 662. The molecule has 0 atom stereocenters. The molecule has 24 heavy (non-hydrogen) atoms. The highest BCUT2D eigenvalue weighted by Crippen LogP contribution is 2.24. The maximum Gasteiger partial charge on any atom is 0.244 e. The molecular weight excluding hydrogens is 336 g/mol. The number of nitrogens with zero attached hydrogens (tertiary/aromatic N) is 4. The summed E-state index contributed by atoms with van der Waals surface area (Å²) >= 11 is 5.92. The van der Waals surface area contributed by atoms with Gasteiger partial charge in [0.1, 0.15) is 17.6 Å². The van der Waals surface area contributed by atoms with Gasteiger partial charge in [0.05, 0.1) is 39.2 Å². The second kappa shape index (κ2) is 10.2. The lowest BCUT2D eigenvalue weighted by atomic mass is 10.4. The smallest absolute Gasteiger partial charge is 0.244 e. The van der Waals surface area contributed by atoms with Gasteiger partial charge in [-0.15, -0.1) is 0 Å². The zero-order valence-corrected chi connectivity index (χ0v) is 14.5. The van der Waals surface area contributed by atoms with E-state index in [0.29, 0.717) is 56.5 Å². The Balaban J connectivity index is 2.03. The SMILES string of the molecule is COCCOC/C=C/Cn1ncc2nc(Cl)nc(OCCOC)c21. The van der Waals surface area contributed by atoms with E-state index in [2.05, 4.69) is 15.1 Å². The van der Waals surface area contributed by atoms with Crippen molar-refractivity contribution in [1.29, 1.82) is 0 Å². The minimum Gasteiger partial charge on any atom is -0.474 e. The number of rotatable bonds is 11. The molecule has 0 aliphatic heterocycles. The number of allylic oxidation sites excluding steroid dienone is 1. The Hall–Kier alpha value is -1.74. The molecule has 0 aromatic carbocycles. The summed E-state index contributed by atoms with van der Waals surface area (Å²) in [6.07, 6.45) is 5.51. The lowest BCUT2D eigenvalue weighted by Gasteiger charge is -2.08. The summed E-state index contributed by atoms with van der Waals surface area (Å²) in [7, 11) is 3.25. The second-order valence-corrected chi connectivity index (χ2v) is 5.08. The molecule has 0 unspecified atom stereocenters. The maximum atomic E-state index is 5.92. The van der Waals surface area contributed by atoms with Gasteiger partial charge in [0.2, 0.25) is 11.2 Å². The van der Waals surface area contributed by atoms with E-state index < -0.39 is 0 Å². The lowest BCUT2D eigenvalue weighted by molar-refractivity contribution is 0.0852. The van der Waals surface area contributed by atoms with Crippen molar-refractivity contribution < 1.29 is 18.9 Å². The molecule has 0 amide bonds. The average Bonchev–Trinajstić information content (AvgIpc) is 2.97. The highest BCUT2D eigenvalue weighted by Gasteiger charge is 2.13. The van der Waals surface area contributed by atoms with Crippen LogP contribution >= 0.6 is 11.6 Å². The Morgan fingerprint density at radius 3 is 2.67 bits per heavy atom. The molecule has 0 saturated carbocycles. The van der Waals surface area contributed by atoms with Crippen molar-refractivity contribution in [2.24, 2.45) is 0 Å². The number of halogens is 1. The molecule has 0 radical (unpaired) electrons. The van der Waals surface area contributed by atoms with Crippen LogP contribution in [0.1, 0.15) is 0 Å². The fourth-order valence-electron chi connectivity index (χ4n) is 1.94. The van der Waals surface area contributed by atoms with Gasteiger partial charge in [-0.2, -0.15) is 10.1 Å². The molecule has 8 nitrogen and oxygen atoms in total. The summed E-state index contributed by atoms with van der Waals surface area (Å²) in [4.78, 5) is 8.30. The van der Waals surface area contributed by atoms with Crippen LogP contribution in [0.3, 0.4) is 0 Å². The van der Waals surface area contributed by atoms with Gasteiger partial charge in [0.15, 0.2) is 0 Å². The van der Waals surface area contributed by atoms with Crippen LogP contribution in [0.25, 0.3) is 11.0 Å². The van der Waals surface area contributed by atoms with Gasteiger partial charge >= 0.3 is 0 Å². The Morgan fingerprint density at radius 1 is 1.08 bits per heavy atom. The van der Waals surface area contributed by atoms with Crippen LogP contribution in [0, 0.1) is 0 Å². The summed E-state index contributed by atoms with van der Waals surface area (Å²) in [5, 5.41) is 4.43. The first-order valence-corrected chi connectivity index (χ1v) is 7.86. The van der Waals surface area contributed by atoms with Gasteiger partial charge < -0.3 is 18.9 Å². The predicted molar refractivity (Wildman–Crippen MR) is 89.5 cm³/mol. The van der Waals surface area contributed by atoms with Crippen LogP contribution in [0.5, 0.6) is 5.88 Å². The number of aromatic nitrogens is 4. The summed E-state index contributed by atoms with van der Waals surface area (Å²) in [5.41, 5.74) is 1.33. The first-order chi connectivity index (χ1) is 11.8. The lowest BCUT2D eigenvalue weighted by Crippen LogP contribution is -2.08. The molecule has 132 valence electrons. The second-order valence-electron chi connectivity index (χ2n) is 4.74. The number of ether oxygens (including phenoxy) is 4. The van der Waals surface area contributed by atoms with Crippen molar-refractivity contribution in [2.75, 3.05) is 47.3 Å². The fourth-order valence-corrected chi connectivity index (χ4v) is 2.10. The summed E-state index contributed by atoms with van der Waals surface area (Å²) in [6, 6.07) is 0. The van der Waals surface area contributed by atoms with Crippen LogP contribution in [0.15, 0.2) is 18.3 Å². The predicted octanol–water partition coefficient (Wildman–Crippen LogP) is 1.72. The number of hydrogen-bond acceptors (Lipinski definition) is 7. The van der Waals surface area contributed by atoms with E-state index in [9.17, 15) is 0 Å². The van der Waals surface area contributed by atoms with Crippen LogP contribution < -0.4 is 4.74 Å². The largest absolute Gasteiger partial charge is 0.474 e. The molecule has 0 aliphatic rings. The highest BCUT2D eigenvalue weighted by molar-refractivity contribution is 6.28. The molecular formula is C15H21ClN4O4. The maximum absolute atomic E-state index is 5.92. The van der Waals surface area contributed by atoms with Crippen molar-refractivity contribution in [3.63, 3.8) is 0 Å². The molecule has 2 aromatic heterocycles. The Labute approximate surface area is 145 Å². The van der Waals surface area contributed by atoms with Gasteiger partial charge in [0.25, 0.3) is 0 Å². The van der Waals surface area contributed by atoms with Crippen molar-refractivity contribution in [2.45, 2.75) is 6.54 Å². The van der Waals surface area contributed by atoms with E-state index in [0.717, 1.165) is 0 Å². The molecule has 0 bridgehead atoms. The van der Waals surface area contributed by atoms with E-state index in [1.807, 2.05) is 12.2 Å². The van der Waals surface area contributed by atoms with Gasteiger partial charge in [-0.05, 0) is 11.6 Å². The van der Waals surface area contributed by atoms with Gasteiger partial charge in [-0.1, -0.05) is 12.2 Å². The van der Waals surface area contributed by atoms with Crippen LogP contribution in [-0.4, -0.2) is 67.0 Å². The molecule has 2 heterocycles. The summed E-state index contributed by atoms with van der Waals surface area (Å²) < 4.78 is 22.6. The Morgan fingerprint density at radius 2 is 1.88 bits per heavy atom. The fraction of sp³-hybridized carbons (Fsp3) is 0.533. The minimum absolute atomic E-state index is 0.122. The third-order valence-electron chi connectivity index (χ3n) is 3.05. The standard InChI is InChI=1S/C15H21ClN4O4/c1-21-7-9-23-6-4-3-5-20-13-12(11-17-20)18-15(16)19-14(13)24-10-8-22-2/h3-4,11H,5-10H2,1-2H3/b4-3+. The van der Waals surface area contributed by atoms with Crippen LogP contribution in [-0.2, 0) is 20.8 Å². The molecule has 0 N–H and O–H groups in total. The zero-order chi connectivity index (χ0) is 17.2. The summed E-state index contributed by atoms with van der Waals surface area (Å²) in [5.74, 6) is 0.393. The topological polar surface area (TPSA) is 80.5 Å². The average molecular weight is 357 g/mol. The van der Waals surface area contributed by atoms with Gasteiger partial charge in [0, 0.05) is 14.2 Å². The zero-order valence-electron chi connectivity index (χ0n) is 13.8. The van der Waals surface area contributed by atoms with Crippen molar-refractivity contribution >= 4 is 22.6 Å². The van der Waals surface area contributed by atoms with Crippen molar-refractivity contribution in [3.05, 3.63) is 23.6 Å². The molecule has 0 saturated heterocycles. The molecule has 2 aromatic rings. The van der Waals surface area contributed by atoms with Crippen LogP contribution in [0.2, 0.25) is 5.28 Å². The number of hydrogen-bond donors (Lipinski definition) is 0. The van der Waals surface area contributed by atoms with E-state index in [1.54, 1.807) is 25.1 Å². The van der Waals surface area contributed by atoms with Gasteiger partial charge in [-0.3, -0.25) is 4.68 Å². The van der Waals surface area contributed by atoms with E-state index >= 15 is 0 Å². The first-order valence-electron chi connectivity index (χ1n) is 7.48. The van der Waals surface area contributed by atoms with Crippen molar-refractivity contribution in [3.8, 4) is 5.88 Å². The molecule has 2 rings (SSSR count). The van der Waals surface area contributed by atoms with E-state index in [1.165, 1.54) is 0 Å². The quantitative estimate of drug-likeness (QED) is 0.344.